The summed E-state index contributed by atoms with van der Waals surface area (Å²) in [5.74, 6) is -0.773. The number of benzene rings is 2. The van der Waals surface area contributed by atoms with Crippen LogP contribution in [0.2, 0.25) is 0 Å². The van der Waals surface area contributed by atoms with E-state index in [1.165, 1.54) is 40.9 Å². The maximum atomic E-state index is 13.0. The number of nitrogens with one attached hydrogen (secondary N) is 1. The first-order valence-corrected chi connectivity index (χ1v) is 13.1. The Hall–Kier alpha value is -2.87. The summed E-state index contributed by atoms with van der Waals surface area (Å²) in [7, 11) is 0. The Bertz CT molecular complexity index is 1130. The minimum Gasteiger partial charge on any atom is -0.484 e. The van der Waals surface area contributed by atoms with Gasteiger partial charge >= 0.3 is 5.97 Å². The van der Waals surface area contributed by atoms with Crippen molar-refractivity contribution >= 4 is 57.8 Å². The van der Waals surface area contributed by atoms with E-state index in [0.29, 0.717) is 15.7 Å². The van der Waals surface area contributed by atoms with Crippen LogP contribution in [-0.2, 0) is 25.7 Å². The number of hydrogen-bond acceptors (Lipinski definition) is 8. The van der Waals surface area contributed by atoms with Gasteiger partial charge in [-0.25, -0.2) is 4.79 Å². The Balaban J connectivity index is 1.36. The third-order valence-corrected chi connectivity index (χ3v) is 9.52. The summed E-state index contributed by atoms with van der Waals surface area (Å²) in [4.78, 5) is 50.1. The fourth-order valence-electron chi connectivity index (χ4n) is 3.95. The van der Waals surface area contributed by atoms with Gasteiger partial charge in [-0.1, -0.05) is 40.8 Å². The summed E-state index contributed by atoms with van der Waals surface area (Å²) in [5.41, 5.74) is 0.543. The number of β-lactam (4-membered cyclic amide) rings is 1. The minimum absolute atomic E-state index is 0.0546. The lowest BCUT2D eigenvalue weighted by Gasteiger charge is -2.43. The molecule has 4 rings (SSSR count). The average molecular weight is 611 g/mol. The monoisotopic (exact) mass is 611 g/mol. The summed E-state index contributed by atoms with van der Waals surface area (Å²) in [5, 5.41) is 13.1. The van der Waals surface area contributed by atoms with Gasteiger partial charge < -0.3 is 19.7 Å². The number of non-ortho nitro benzene ring substituents is 1. The Morgan fingerprint density at radius 3 is 2.51 bits per heavy atom. The van der Waals surface area contributed by atoms with Crippen LogP contribution in [0.1, 0.15) is 12.5 Å². The number of para-hydroxylation sites is 1. The first-order valence-electron chi connectivity index (χ1n) is 10.7. The number of nitro benzene ring substituents is 1. The molecule has 2 aliphatic rings. The number of ether oxygens (including phenoxy) is 2. The highest BCUT2D eigenvalue weighted by Gasteiger charge is 2.65. The predicted molar refractivity (Wildman–Crippen MR) is 136 cm³/mol. The molecule has 0 aliphatic carbocycles. The third kappa shape index (κ3) is 5.22. The lowest BCUT2D eigenvalue weighted by atomic mass is 9.96. The smallest absolute Gasteiger partial charge is 0.330 e. The van der Waals surface area contributed by atoms with E-state index in [1.54, 1.807) is 24.3 Å². The number of carbonyl (C=O) groups is 3. The van der Waals surface area contributed by atoms with Crippen LogP contribution in [0.5, 0.6) is 5.75 Å². The molecule has 2 saturated heterocycles. The Morgan fingerprint density at radius 2 is 1.89 bits per heavy atom. The highest BCUT2D eigenvalue weighted by molar-refractivity contribution is 14.1. The van der Waals surface area contributed by atoms with Crippen molar-refractivity contribution in [1.29, 1.82) is 0 Å². The van der Waals surface area contributed by atoms with Crippen molar-refractivity contribution in [3.63, 3.8) is 0 Å². The summed E-state index contributed by atoms with van der Waals surface area (Å²) >= 11 is 3.63. The lowest BCUT2D eigenvalue weighted by Crippen LogP contribution is -2.71. The summed E-state index contributed by atoms with van der Waals surface area (Å²) in [6.07, 6.45) is 0. The highest BCUT2D eigenvalue weighted by Crippen LogP contribution is 2.52. The third-order valence-electron chi connectivity index (χ3n) is 5.77. The molecule has 0 aromatic heterocycles. The van der Waals surface area contributed by atoms with Crippen molar-refractivity contribution in [2.24, 2.45) is 0 Å². The predicted octanol–water partition coefficient (Wildman–Crippen LogP) is 2.68. The van der Waals surface area contributed by atoms with Crippen molar-refractivity contribution in [2.75, 3.05) is 11.0 Å². The number of nitro groups is 1. The molecule has 35 heavy (non-hydrogen) atoms. The van der Waals surface area contributed by atoms with E-state index in [2.05, 4.69) is 27.9 Å². The zero-order valence-electron chi connectivity index (χ0n) is 18.6. The SMILES string of the molecule is CC1(CI)SC2C(NC(=O)COc3ccccc3)C(=O)N2C1C(=O)OCc1ccc([N+](=O)[O-])cc1. The van der Waals surface area contributed by atoms with Crippen LogP contribution in [0.15, 0.2) is 54.6 Å². The van der Waals surface area contributed by atoms with E-state index in [0.717, 1.165) is 0 Å². The maximum absolute atomic E-state index is 13.0. The zero-order valence-corrected chi connectivity index (χ0v) is 21.6. The van der Waals surface area contributed by atoms with Gasteiger partial charge in [0.05, 0.1) is 9.67 Å². The Kier molecular flexibility index (Phi) is 7.50. The number of fused-ring (bicyclic) bond motifs is 1. The molecule has 0 radical (unpaired) electrons. The number of amides is 2. The van der Waals surface area contributed by atoms with Gasteiger partial charge in [-0.3, -0.25) is 19.7 Å². The van der Waals surface area contributed by atoms with E-state index in [1.807, 2.05) is 13.0 Å². The van der Waals surface area contributed by atoms with Crippen molar-refractivity contribution < 1.29 is 28.8 Å². The molecule has 2 heterocycles. The molecule has 184 valence electrons. The van der Waals surface area contributed by atoms with Crippen LogP contribution in [-0.4, -0.2) is 60.8 Å². The molecule has 2 fully saturated rings. The van der Waals surface area contributed by atoms with Gasteiger partial charge in [0.15, 0.2) is 6.61 Å². The molecule has 1 N–H and O–H groups in total. The van der Waals surface area contributed by atoms with Crippen LogP contribution in [0.4, 0.5) is 5.69 Å². The number of nitrogens with zero attached hydrogens (tertiary/aromatic N) is 2. The van der Waals surface area contributed by atoms with E-state index in [4.69, 9.17) is 9.47 Å². The maximum Gasteiger partial charge on any atom is 0.330 e. The molecule has 4 unspecified atom stereocenters. The second-order valence-corrected chi connectivity index (χ2v) is 10.7. The molecule has 0 saturated carbocycles. The van der Waals surface area contributed by atoms with Crippen molar-refractivity contribution in [2.45, 2.75) is 35.7 Å². The van der Waals surface area contributed by atoms with E-state index < -0.39 is 33.6 Å². The molecule has 2 aliphatic heterocycles. The van der Waals surface area contributed by atoms with Crippen molar-refractivity contribution in [1.82, 2.24) is 10.2 Å². The number of hydrogen-bond donors (Lipinski definition) is 1. The van der Waals surface area contributed by atoms with Gasteiger partial charge in [0.1, 0.15) is 29.8 Å². The topological polar surface area (TPSA) is 128 Å². The molecule has 2 aromatic rings. The molecular weight excluding hydrogens is 589 g/mol. The molecule has 10 nitrogen and oxygen atoms in total. The van der Waals surface area contributed by atoms with Crippen LogP contribution in [0.3, 0.4) is 0 Å². The molecular formula is C23H22IN3O7S. The second-order valence-electron chi connectivity index (χ2n) is 8.28. The van der Waals surface area contributed by atoms with Gasteiger partial charge in [0.25, 0.3) is 11.6 Å². The molecule has 0 spiro atoms. The molecule has 0 bridgehead atoms. The van der Waals surface area contributed by atoms with E-state index in [9.17, 15) is 24.5 Å². The Labute approximate surface area is 219 Å². The van der Waals surface area contributed by atoms with Gasteiger partial charge in [-0.2, -0.15) is 0 Å². The molecule has 2 amide bonds. The van der Waals surface area contributed by atoms with Crippen LogP contribution >= 0.6 is 34.4 Å². The molecule has 4 atom stereocenters. The number of halogens is 1. The van der Waals surface area contributed by atoms with Gasteiger partial charge in [-0.15, -0.1) is 11.8 Å². The van der Waals surface area contributed by atoms with E-state index in [-0.39, 0.29) is 30.2 Å². The van der Waals surface area contributed by atoms with Crippen molar-refractivity contribution in [3.05, 3.63) is 70.3 Å². The minimum atomic E-state index is -0.811. The Morgan fingerprint density at radius 1 is 1.20 bits per heavy atom. The van der Waals surface area contributed by atoms with Gasteiger partial charge in [-0.05, 0) is 36.8 Å². The van der Waals surface area contributed by atoms with E-state index >= 15 is 0 Å². The average Bonchev–Trinajstić information content (AvgIpc) is 3.15. The number of alkyl halides is 1. The van der Waals surface area contributed by atoms with Crippen LogP contribution in [0.25, 0.3) is 0 Å². The number of esters is 1. The fraction of sp³-hybridized carbons (Fsp3) is 0.348. The first-order chi connectivity index (χ1) is 16.7. The number of carbonyl (C=O) groups excluding carboxylic acids is 3. The molecule has 12 heteroatoms. The second kappa shape index (κ2) is 10.4. The number of rotatable bonds is 9. The number of thioether (sulfide) groups is 1. The zero-order chi connectivity index (χ0) is 25.2. The van der Waals surface area contributed by atoms with Gasteiger partial charge in [0.2, 0.25) is 5.91 Å². The normalized spacial score (nSPS) is 24.8. The fourth-order valence-corrected chi connectivity index (χ4v) is 6.52. The summed E-state index contributed by atoms with van der Waals surface area (Å²) in [6.45, 7) is 1.60. The van der Waals surface area contributed by atoms with Crippen LogP contribution < -0.4 is 10.1 Å². The van der Waals surface area contributed by atoms with Gasteiger partial charge in [0, 0.05) is 16.6 Å². The largest absolute Gasteiger partial charge is 0.484 e. The van der Waals surface area contributed by atoms with Crippen LogP contribution in [0, 0.1) is 10.1 Å². The quantitative estimate of drug-likeness (QED) is 0.115. The summed E-state index contributed by atoms with van der Waals surface area (Å²) in [6, 6.07) is 13.0. The standard InChI is InChI=1S/C23H22IN3O7S/c1-23(13-24)19(22(30)34-11-14-7-9-15(10-8-14)27(31)32)26-20(29)18(21(26)35-23)25-17(28)12-33-16-5-3-2-4-6-16/h2-10,18-19,21H,11-13H2,1H3,(H,25,28). The highest BCUT2D eigenvalue weighted by atomic mass is 127. The van der Waals surface area contributed by atoms with Crippen molar-refractivity contribution in [3.8, 4) is 5.75 Å². The first kappa shape index (κ1) is 25.2. The molecule has 2 aromatic carbocycles. The summed E-state index contributed by atoms with van der Waals surface area (Å²) < 4.78 is 10.9. The lowest BCUT2D eigenvalue weighted by molar-refractivity contribution is -0.384.